The van der Waals surface area contributed by atoms with Gasteiger partial charge in [-0.2, -0.15) is 0 Å². The van der Waals surface area contributed by atoms with Crippen LogP contribution >= 0.6 is 0 Å². The average Bonchev–Trinajstić information content (AvgIpc) is 3.36. The summed E-state index contributed by atoms with van der Waals surface area (Å²) in [5.41, 5.74) is 3.61. The number of nitrogens with zero attached hydrogens (tertiary/aromatic N) is 2. The smallest absolute Gasteiger partial charge is 0.287 e. The molecule has 0 spiro atoms. The highest BCUT2D eigenvalue weighted by molar-refractivity contribution is 5.95. The first-order valence-electron chi connectivity index (χ1n) is 11.0. The molecule has 0 radical (unpaired) electrons. The molecule has 0 bridgehead atoms. The standard InChI is InChI=1S/C26H29N3O3/c1-20-8-5-6-11-22(20)19-28-13-15-29(16-14-28)26(31)23(18-21-9-3-2-4-10-21)27-25(30)24-12-7-17-32-24/h2-12,17,23H,13-16,18-19H2,1H3,(H,27,30). The van der Waals surface area contributed by atoms with Gasteiger partial charge in [0.2, 0.25) is 5.91 Å². The number of amides is 2. The van der Waals surface area contributed by atoms with Gasteiger partial charge in [0.15, 0.2) is 5.76 Å². The van der Waals surface area contributed by atoms with Crippen molar-refractivity contribution in [1.29, 1.82) is 0 Å². The van der Waals surface area contributed by atoms with E-state index in [1.807, 2.05) is 35.2 Å². The molecule has 2 aromatic carbocycles. The molecular formula is C26H29N3O3. The van der Waals surface area contributed by atoms with Crippen LogP contribution in [0.5, 0.6) is 0 Å². The zero-order valence-corrected chi connectivity index (χ0v) is 18.4. The lowest BCUT2D eigenvalue weighted by Gasteiger charge is -2.36. The molecule has 1 aliphatic heterocycles. The van der Waals surface area contributed by atoms with Crippen molar-refractivity contribution in [2.24, 2.45) is 0 Å². The van der Waals surface area contributed by atoms with Crippen LogP contribution in [0.4, 0.5) is 0 Å². The van der Waals surface area contributed by atoms with Crippen LogP contribution in [0.25, 0.3) is 0 Å². The van der Waals surface area contributed by atoms with Gasteiger partial charge in [-0.05, 0) is 35.7 Å². The van der Waals surface area contributed by atoms with Crippen LogP contribution in [0.3, 0.4) is 0 Å². The van der Waals surface area contributed by atoms with Crippen LogP contribution < -0.4 is 5.32 Å². The van der Waals surface area contributed by atoms with Crippen LogP contribution in [-0.2, 0) is 17.8 Å². The Balaban J connectivity index is 1.40. The van der Waals surface area contributed by atoms with Crippen molar-refractivity contribution in [2.45, 2.75) is 25.9 Å². The zero-order valence-electron chi connectivity index (χ0n) is 18.4. The van der Waals surface area contributed by atoms with Gasteiger partial charge in [-0.25, -0.2) is 0 Å². The van der Waals surface area contributed by atoms with Gasteiger partial charge >= 0.3 is 0 Å². The number of benzene rings is 2. The van der Waals surface area contributed by atoms with E-state index in [1.165, 1.54) is 17.4 Å². The van der Waals surface area contributed by atoms with Gasteiger partial charge in [-0.3, -0.25) is 14.5 Å². The Morgan fingerprint density at radius 2 is 1.66 bits per heavy atom. The number of piperazine rings is 1. The normalized spacial score (nSPS) is 15.3. The van der Waals surface area contributed by atoms with Crippen LogP contribution in [0.1, 0.15) is 27.2 Å². The van der Waals surface area contributed by atoms with Crippen molar-refractivity contribution in [2.75, 3.05) is 26.2 Å². The third-order valence-corrected chi connectivity index (χ3v) is 5.97. The van der Waals surface area contributed by atoms with Gasteiger partial charge < -0.3 is 14.6 Å². The van der Waals surface area contributed by atoms with E-state index in [4.69, 9.17) is 4.42 Å². The quantitative estimate of drug-likeness (QED) is 0.624. The molecule has 1 saturated heterocycles. The third kappa shape index (κ3) is 5.45. The lowest BCUT2D eigenvalue weighted by atomic mass is 10.0. The van der Waals surface area contributed by atoms with Gasteiger partial charge in [-0.15, -0.1) is 0 Å². The topological polar surface area (TPSA) is 65.8 Å². The van der Waals surface area contributed by atoms with Crippen molar-refractivity contribution in [3.8, 4) is 0 Å². The van der Waals surface area contributed by atoms with Crippen molar-refractivity contribution in [1.82, 2.24) is 15.1 Å². The molecule has 1 fully saturated rings. The van der Waals surface area contributed by atoms with E-state index in [0.29, 0.717) is 19.5 Å². The summed E-state index contributed by atoms with van der Waals surface area (Å²) in [6.45, 7) is 5.93. The largest absolute Gasteiger partial charge is 0.459 e. The number of aryl methyl sites for hydroxylation is 1. The fourth-order valence-corrected chi connectivity index (χ4v) is 4.06. The summed E-state index contributed by atoms with van der Waals surface area (Å²) in [6, 6.07) is 20.8. The minimum Gasteiger partial charge on any atom is -0.459 e. The highest BCUT2D eigenvalue weighted by Gasteiger charge is 2.29. The average molecular weight is 432 g/mol. The maximum Gasteiger partial charge on any atom is 0.287 e. The Kier molecular flexibility index (Phi) is 7.02. The van der Waals surface area contributed by atoms with Crippen LogP contribution in [0, 0.1) is 6.92 Å². The molecule has 2 heterocycles. The predicted molar refractivity (Wildman–Crippen MR) is 123 cm³/mol. The molecule has 2 amide bonds. The van der Waals surface area contributed by atoms with Crippen molar-refractivity contribution >= 4 is 11.8 Å². The van der Waals surface area contributed by atoms with E-state index in [2.05, 4.69) is 41.4 Å². The molecule has 166 valence electrons. The van der Waals surface area contributed by atoms with E-state index in [9.17, 15) is 9.59 Å². The first kappa shape index (κ1) is 21.8. The fraction of sp³-hybridized carbons (Fsp3) is 0.308. The monoisotopic (exact) mass is 431 g/mol. The van der Waals surface area contributed by atoms with Crippen LogP contribution in [-0.4, -0.2) is 53.8 Å². The minimum atomic E-state index is -0.641. The SMILES string of the molecule is Cc1ccccc1CN1CCN(C(=O)C(Cc2ccccc2)NC(=O)c2ccco2)CC1. The molecule has 1 aliphatic rings. The maximum atomic E-state index is 13.4. The first-order valence-corrected chi connectivity index (χ1v) is 11.0. The van der Waals surface area contributed by atoms with E-state index in [1.54, 1.807) is 12.1 Å². The van der Waals surface area contributed by atoms with Crippen LogP contribution in [0.15, 0.2) is 77.4 Å². The number of carbonyl (C=O) groups excluding carboxylic acids is 2. The number of hydrogen-bond donors (Lipinski definition) is 1. The Bertz CT molecular complexity index is 1030. The van der Waals surface area contributed by atoms with Gasteiger partial charge in [0, 0.05) is 39.1 Å². The summed E-state index contributed by atoms with van der Waals surface area (Å²) >= 11 is 0. The number of carbonyl (C=O) groups is 2. The van der Waals surface area contributed by atoms with E-state index in [0.717, 1.165) is 25.2 Å². The highest BCUT2D eigenvalue weighted by atomic mass is 16.3. The molecule has 0 saturated carbocycles. The summed E-state index contributed by atoms with van der Waals surface area (Å²) in [4.78, 5) is 30.2. The number of furan rings is 1. The van der Waals surface area contributed by atoms with Crippen molar-refractivity contribution < 1.29 is 14.0 Å². The molecule has 3 aromatic rings. The summed E-state index contributed by atoms with van der Waals surface area (Å²) in [5, 5.41) is 2.89. The Labute approximate surface area is 188 Å². The molecule has 6 nitrogen and oxygen atoms in total. The second-order valence-electron chi connectivity index (χ2n) is 8.22. The first-order chi connectivity index (χ1) is 15.6. The maximum absolute atomic E-state index is 13.4. The molecule has 0 aliphatic carbocycles. The second kappa shape index (κ2) is 10.3. The number of rotatable bonds is 7. The summed E-state index contributed by atoms with van der Waals surface area (Å²) in [6.07, 6.45) is 1.89. The lowest BCUT2D eigenvalue weighted by molar-refractivity contribution is -0.135. The minimum absolute atomic E-state index is 0.0516. The Hall–Kier alpha value is -3.38. The van der Waals surface area contributed by atoms with Gasteiger partial charge in [0.05, 0.1) is 6.26 Å². The summed E-state index contributed by atoms with van der Waals surface area (Å²) < 4.78 is 5.21. The molecule has 6 heteroatoms. The second-order valence-corrected chi connectivity index (χ2v) is 8.22. The zero-order chi connectivity index (χ0) is 22.3. The van der Waals surface area contributed by atoms with Crippen molar-refractivity contribution in [3.05, 3.63) is 95.4 Å². The summed E-state index contributed by atoms with van der Waals surface area (Å²) in [7, 11) is 0. The Morgan fingerprint density at radius 1 is 0.938 bits per heavy atom. The molecular weight excluding hydrogens is 402 g/mol. The molecule has 1 unspecified atom stereocenters. The molecule has 1 aromatic heterocycles. The molecule has 32 heavy (non-hydrogen) atoms. The number of nitrogens with one attached hydrogen (secondary N) is 1. The third-order valence-electron chi connectivity index (χ3n) is 5.97. The Morgan fingerprint density at radius 3 is 2.34 bits per heavy atom. The van der Waals surface area contributed by atoms with Gasteiger partial charge in [-0.1, -0.05) is 54.6 Å². The fourth-order valence-electron chi connectivity index (χ4n) is 4.06. The lowest BCUT2D eigenvalue weighted by Crippen LogP contribution is -2.55. The van der Waals surface area contributed by atoms with E-state index >= 15 is 0 Å². The van der Waals surface area contributed by atoms with Crippen molar-refractivity contribution in [3.63, 3.8) is 0 Å². The van der Waals surface area contributed by atoms with Gasteiger partial charge in [0.25, 0.3) is 5.91 Å². The van der Waals surface area contributed by atoms with E-state index in [-0.39, 0.29) is 17.6 Å². The summed E-state index contributed by atoms with van der Waals surface area (Å²) in [5.74, 6) is -0.217. The van der Waals surface area contributed by atoms with Crippen LogP contribution in [0.2, 0.25) is 0 Å². The predicted octanol–water partition coefficient (Wildman–Crippen LogP) is 3.27. The molecule has 1 N–H and O–H groups in total. The van der Waals surface area contributed by atoms with E-state index < -0.39 is 6.04 Å². The van der Waals surface area contributed by atoms with Gasteiger partial charge in [0.1, 0.15) is 6.04 Å². The molecule has 1 atom stereocenters. The molecule has 4 rings (SSSR count). The number of hydrogen-bond acceptors (Lipinski definition) is 4. The highest BCUT2D eigenvalue weighted by Crippen LogP contribution is 2.14.